The molecular weight excluding hydrogens is 620 g/mol. The molecule has 2 aromatic carbocycles. The van der Waals surface area contributed by atoms with Gasteiger partial charge < -0.3 is 24.8 Å². The number of anilines is 1. The van der Waals surface area contributed by atoms with Gasteiger partial charge in [0.2, 0.25) is 5.91 Å². The number of rotatable bonds is 9. The van der Waals surface area contributed by atoms with Crippen LogP contribution in [0.4, 0.5) is 5.69 Å². The number of hydrogen-bond donors (Lipinski definition) is 2. The molecule has 0 spiro atoms. The van der Waals surface area contributed by atoms with Gasteiger partial charge in [-0.25, -0.2) is 0 Å². The van der Waals surface area contributed by atoms with Gasteiger partial charge in [0.25, 0.3) is 5.91 Å². The van der Waals surface area contributed by atoms with Gasteiger partial charge in [0, 0.05) is 37.3 Å². The predicted octanol–water partition coefficient (Wildman–Crippen LogP) is 5.42. The summed E-state index contributed by atoms with van der Waals surface area (Å²) in [6.07, 6.45) is 5.53. The van der Waals surface area contributed by atoms with Crippen LogP contribution in [0.25, 0.3) is 10.8 Å². The fourth-order valence-electron chi connectivity index (χ4n) is 7.39. The second kappa shape index (κ2) is 14.7. The van der Waals surface area contributed by atoms with E-state index in [1.165, 1.54) is 0 Å². The quantitative estimate of drug-likeness (QED) is 0.312. The first-order chi connectivity index (χ1) is 22.6. The Labute approximate surface area is 280 Å². The molecule has 1 saturated carbocycles. The van der Waals surface area contributed by atoms with Crippen LogP contribution in [0.2, 0.25) is 5.02 Å². The Bertz CT molecular complexity index is 1600. The smallest absolute Gasteiger partial charge is 0.306 e. The molecule has 0 bridgehead atoms. The number of amides is 2. The minimum Gasteiger partial charge on any atom is -0.481 e. The zero-order valence-corrected chi connectivity index (χ0v) is 27.7. The van der Waals surface area contributed by atoms with E-state index < -0.39 is 5.97 Å². The molecule has 2 N–H and O–H groups in total. The van der Waals surface area contributed by atoms with Crippen molar-refractivity contribution in [2.45, 2.75) is 82.8 Å². The minimum atomic E-state index is -0.731. The highest BCUT2D eigenvalue weighted by molar-refractivity contribution is 6.34. The van der Waals surface area contributed by atoms with Crippen LogP contribution in [0.5, 0.6) is 0 Å². The molecule has 6 rings (SSSR count). The van der Waals surface area contributed by atoms with Gasteiger partial charge >= 0.3 is 5.97 Å². The fourth-order valence-corrected chi connectivity index (χ4v) is 7.64. The average Bonchev–Trinajstić information content (AvgIpc) is 3.49. The van der Waals surface area contributed by atoms with E-state index in [0.717, 1.165) is 48.7 Å². The molecule has 2 amide bonds. The van der Waals surface area contributed by atoms with Crippen molar-refractivity contribution in [2.75, 3.05) is 31.6 Å². The number of halogens is 1. The van der Waals surface area contributed by atoms with Gasteiger partial charge in [0.1, 0.15) is 5.69 Å². The summed E-state index contributed by atoms with van der Waals surface area (Å²) in [6, 6.07) is 14.8. The summed E-state index contributed by atoms with van der Waals surface area (Å²) < 4.78 is 12.3. The van der Waals surface area contributed by atoms with E-state index in [4.69, 9.17) is 21.1 Å². The number of benzene rings is 2. The fraction of sp³-hybridized carbons (Fsp3) is 0.500. The summed E-state index contributed by atoms with van der Waals surface area (Å²) in [5.41, 5.74) is 1.52. The van der Waals surface area contributed by atoms with Gasteiger partial charge in [-0.3, -0.25) is 24.3 Å². The second-order valence-corrected chi connectivity index (χ2v) is 13.7. The lowest BCUT2D eigenvalue weighted by molar-refractivity contribution is -0.144. The van der Waals surface area contributed by atoms with Gasteiger partial charge in [0.15, 0.2) is 0 Å². The highest BCUT2D eigenvalue weighted by Crippen LogP contribution is 2.31. The number of carboxylic acids is 1. The van der Waals surface area contributed by atoms with E-state index in [-0.39, 0.29) is 54.5 Å². The van der Waals surface area contributed by atoms with Crippen LogP contribution in [0.1, 0.15) is 62.0 Å². The Balaban J connectivity index is 1.12. The minimum absolute atomic E-state index is 0.00199. The van der Waals surface area contributed by atoms with Gasteiger partial charge in [-0.1, -0.05) is 41.9 Å². The Kier molecular flexibility index (Phi) is 10.4. The third-order valence-electron chi connectivity index (χ3n) is 9.75. The summed E-state index contributed by atoms with van der Waals surface area (Å²) in [7, 11) is 0. The summed E-state index contributed by atoms with van der Waals surface area (Å²) in [5.74, 6) is -1.39. The van der Waals surface area contributed by atoms with Crippen LogP contribution in [-0.2, 0) is 25.5 Å². The van der Waals surface area contributed by atoms with Crippen LogP contribution in [0.15, 0.2) is 54.7 Å². The number of hydrogen-bond acceptors (Lipinski definition) is 7. The largest absolute Gasteiger partial charge is 0.481 e. The number of ether oxygens (including phenoxy) is 2. The van der Waals surface area contributed by atoms with Crippen molar-refractivity contribution in [3.05, 3.63) is 71.0 Å². The lowest BCUT2D eigenvalue weighted by atomic mass is 9.87. The molecule has 3 fully saturated rings. The Morgan fingerprint density at radius 3 is 2.49 bits per heavy atom. The van der Waals surface area contributed by atoms with Gasteiger partial charge in [-0.2, -0.15) is 0 Å². The molecule has 10 nitrogen and oxygen atoms in total. The molecule has 4 atom stereocenters. The molecule has 3 aromatic rings. The van der Waals surface area contributed by atoms with Crippen molar-refractivity contribution < 1.29 is 29.0 Å². The molecule has 3 heterocycles. The lowest BCUT2D eigenvalue weighted by Crippen LogP contribution is -2.51. The maximum Gasteiger partial charge on any atom is 0.306 e. The van der Waals surface area contributed by atoms with E-state index in [1.54, 1.807) is 18.3 Å². The zero-order chi connectivity index (χ0) is 33.1. The molecule has 1 aliphatic carbocycles. The Morgan fingerprint density at radius 2 is 1.77 bits per heavy atom. The molecule has 3 aliphatic rings. The van der Waals surface area contributed by atoms with E-state index in [2.05, 4.69) is 29.0 Å². The molecular formula is C36H43ClN4O6. The van der Waals surface area contributed by atoms with Crippen LogP contribution in [0.3, 0.4) is 0 Å². The molecule has 11 heteroatoms. The van der Waals surface area contributed by atoms with Crippen LogP contribution in [-0.4, -0.2) is 94.3 Å². The summed E-state index contributed by atoms with van der Waals surface area (Å²) in [6.45, 7) is 6.85. The van der Waals surface area contributed by atoms with Crippen molar-refractivity contribution in [3.63, 3.8) is 0 Å². The number of likely N-dealkylation sites (tertiary alicyclic amines) is 1. The summed E-state index contributed by atoms with van der Waals surface area (Å²) in [4.78, 5) is 47.1. The summed E-state index contributed by atoms with van der Waals surface area (Å²) >= 11 is 6.63. The number of nitrogens with zero attached hydrogens (tertiary/aromatic N) is 3. The van der Waals surface area contributed by atoms with E-state index >= 15 is 0 Å². The third-order valence-corrected chi connectivity index (χ3v) is 10.1. The van der Waals surface area contributed by atoms with Gasteiger partial charge in [-0.15, -0.1) is 0 Å². The molecule has 2 saturated heterocycles. The number of morpholine rings is 1. The second-order valence-electron chi connectivity index (χ2n) is 13.3. The number of carboxylic acid groups (broad SMARTS) is 1. The van der Waals surface area contributed by atoms with Crippen molar-refractivity contribution in [3.8, 4) is 0 Å². The SMILES string of the molecule is C[C@@H]1CN([C@H]2C[C@@H](CO[C@H]3CC[C@H](C(=O)O)CC3)N(C(=O)Cc3ccc(NC(=O)c4nccc5ccccc45)c(Cl)c3)C2)C[C@H](C)O1. The topological polar surface area (TPSA) is 121 Å². The van der Waals surface area contributed by atoms with Crippen molar-refractivity contribution >= 4 is 45.8 Å². The monoisotopic (exact) mass is 662 g/mol. The molecule has 1 aromatic heterocycles. The molecule has 250 valence electrons. The maximum absolute atomic E-state index is 13.9. The van der Waals surface area contributed by atoms with Gasteiger partial charge in [0.05, 0.1) is 54.0 Å². The predicted molar refractivity (Wildman–Crippen MR) is 180 cm³/mol. The summed E-state index contributed by atoms with van der Waals surface area (Å²) in [5, 5.41) is 14.2. The Morgan fingerprint density at radius 1 is 1.02 bits per heavy atom. The number of nitrogens with one attached hydrogen (secondary N) is 1. The van der Waals surface area contributed by atoms with Crippen LogP contribution < -0.4 is 5.32 Å². The third kappa shape index (κ3) is 7.95. The standard InChI is InChI=1S/C36H43ClN4O6/c1-22-18-40(19-23(2)47-22)27-17-28(21-46-29-10-8-26(9-11-29)36(44)45)41(20-27)33(42)16-24-7-12-32(31(37)15-24)39-35(43)34-30-6-4-3-5-25(30)13-14-38-34/h3-7,12-15,22-23,26-29H,8-11,16-21H2,1-2H3,(H,39,43)(H,44,45)/t22-,23+,26-,27-,28-,29-/m0/s1. The first-order valence-corrected chi connectivity index (χ1v) is 17.0. The number of pyridine rings is 1. The van der Waals surface area contributed by atoms with E-state index in [9.17, 15) is 19.5 Å². The van der Waals surface area contributed by atoms with E-state index in [1.807, 2.05) is 41.3 Å². The van der Waals surface area contributed by atoms with Gasteiger partial charge in [-0.05, 0) is 75.1 Å². The molecule has 0 radical (unpaired) electrons. The van der Waals surface area contributed by atoms with Crippen LogP contribution >= 0.6 is 11.6 Å². The number of aromatic nitrogens is 1. The highest BCUT2D eigenvalue weighted by Gasteiger charge is 2.40. The maximum atomic E-state index is 13.9. The number of fused-ring (bicyclic) bond motifs is 1. The average molecular weight is 663 g/mol. The molecule has 0 unspecified atom stereocenters. The molecule has 47 heavy (non-hydrogen) atoms. The van der Waals surface area contributed by atoms with Crippen molar-refractivity contribution in [2.24, 2.45) is 5.92 Å². The first-order valence-electron chi connectivity index (χ1n) is 16.6. The lowest BCUT2D eigenvalue weighted by Gasteiger charge is -2.38. The number of carbonyl (C=O) groups excluding carboxylic acids is 2. The first kappa shape index (κ1) is 33.3. The normalized spacial score (nSPS) is 26.7. The van der Waals surface area contributed by atoms with Crippen LogP contribution in [0, 0.1) is 5.92 Å². The van der Waals surface area contributed by atoms with E-state index in [0.29, 0.717) is 42.4 Å². The highest BCUT2D eigenvalue weighted by atomic mass is 35.5. The zero-order valence-electron chi connectivity index (χ0n) is 26.9. The molecule has 2 aliphatic heterocycles. The van der Waals surface area contributed by atoms with Crippen molar-refractivity contribution in [1.82, 2.24) is 14.8 Å². The number of carbonyl (C=O) groups is 3. The Hall–Kier alpha value is -3.57. The van der Waals surface area contributed by atoms with Crippen molar-refractivity contribution in [1.29, 1.82) is 0 Å². The number of aliphatic carboxylic acids is 1.